The van der Waals surface area contributed by atoms with Gasteiger partial charge in [-0.3, -0.25) is 9.48 Å². The molecule has 0 radical (unpaired) electrons. The zero-order valence-corrected chi connectivity index (χ0v) is 15.5. The number of carboxylic acid groups (broad SMARTS) is 1. The minimum atomic E-state index is -0.879. The fourth-order valence-electron chi connectivity index (χ4n) is 3.80. The van der Waals surface area contributed by atoms with Crippen LogP contribution in [0.25, 0.3) is 0 Å². The minimum Gasteiger partial charge on any atom is -0.478 e. The highest BCUT2D eigenvalue weighted by atomic mass is 16.4. The fourth-order valence-corrected chi connectivity index (χ4v) is 3.80. The molecule has 0 atom stereocenters. The van der Waals surface area contributed by atoms with E-state index in [4.69, 9.17) is 0 Å². The zero-order valence-electron chi connectivity index (χ0n) is 15.5. The molecule has 1 aromatic carbocycles. The lowest BCUT2D eigenvalue weighted by Crippen LogP contribution is -2.39. The van der Waals surface area contributed by atoms with Gasteiger partial charge in [0.05, 0.1) is 16.8 Å². The number of rotatable bonds is 4. The zero-order chi connectivity index (χ0) is 18.8. The van der Waals surface area contributed by atoms with Gasteiger partial charge in [0.1, 0.15) is 0 Å². The molecule has 2 aromatic rings. The molecule has 2 heterocycles. The van der Waals surface area contributed by atoms with Crippen molar-refractivity contribution in [1.82, 2.24) is 14.7 Å². The van der Waals surface area contributed by atoms with Gasteiger partial charge in [0, 0.05) is 25.8 Å². The Bertz CT molecular complexity index is 833. The van der Waals surface area contributed by atoms with Gasteiger partial charge in [0.2, 0.25) is 0 Å². The number of carbonyl (C=O) groups excluding carboxylic acids is 1. The number of carboxylic acids is 1. The molecule has 6 heteroatoms. The first-order chi connectivity index (χ1) is 12.4. The van der Waals surface area contributed by atoms with Gasteiger partial charge in [-0.25, -0.2) is 4.79 Å². The quantitative estimate of drug-likeness (QED) is 0.915. The number of piperidine rings is 1. The van der Waals surface area contributed by atoms with E-state index < -0.39 is 5.97 Å². The number of hydrogen-bond donors (Lipinski definition) is 1. The van der Waals surface area contributed by atoms with Crippen LogP contribution in [0.3, 0.4) is 0 Å². The minimum absolute atomic E-state index is 0.0532. The molecule has 1 amide bonds. The summed E-state index contributed by atoms with van der Waals surface area (Å²) in [6.07, 6.45) is 2.52. The Hall–Kier alpha value is -2.63. The van der Waals surface area contributed by atoms with Gasteiger partial charge in [-0.15, -0.1) is 0 Å². The number of likely N-dealkylation sites (tertiary alicyclic amines) is 1. The van der Waals surface area contributed by atoms with Gasteiger partial charge < -0.3 is 10.0 Å². The molecule has 0 saturated carbocycles. The van der Waals surface area contributed by atoms with Crippen LogP contribution in [0.1, 0.15) is 50.5 Å². The Morgan fingerprint density at radius 1 is 1.19 bits per heavy atom. The first-order valence-electron chi connectivity index (χ1n) is 8.99. The number of aromatic carboxylic acids is 1. The molecule has 1 fully saturated rings. The molecular weight excluding hydrogens is 330 g/mol. The summed E-state index contributed by atoms with van der Waals surface area (Å²) in [5, 5.41) is 13.7. The Morgan fingerprint density at radius 2 is 1.85 bits per heavy atom. The summed E-state index contributed by atoms with van der Waals surface area (Å²) in [6.45, 7) is 5.19. The summed E-state index contributed by atoms with van der Waals surface area (Å²) >= 11 is 0. The molecular formula is C20H25N3O3. The second kappa shape index (κ2) is 7.32. The number of aromatic nitrogens is 2. The van der Waals surface area contributed by atoms with Crippen LogP contribution < -0.4 is 0 Å². The highest BCUT2D eigenvalue weighted by Crippen LogP contribution is 2.25. The Balaban J connectivity index is 1.65. The van der Waals surface area contributed by atoms with Gasteiger partial charge >= 0.3 is 5.97 Å². The lowest BCUT2D eigenvalue weighted by atomic mass is 9.88. The molecule has 1 aliphatic rings. The van der Waals surface area contributed by atoms with E-state index in [2.05, 4.69) is 5.10 Å². The van der Waals surface area contributed by atoms with Gasteiger partial charge in [-0.05, 0) is 50.7 Å². The fraction of sp³-hybridized carbons (Fsp3) is 0.450. The van der Waals surface area contributed by atoms with Crippen molar-refractivity contribution in [2.75, 3.05) is 13.1 Å². The van der Waals surface area contributed by atoms with Crippen LogP contribution in [0.2, 0.25) is 0 Å². The maximum Gasteiger partial charge on any atom is 0.335 e. The summed E-state index contributed by atoms with van der Waals surface area (Å²) in [5.74, 6) is -0.427. The maximum atomic E-state index is 12.9. The average molecular weight is 355 g/mol. The normalized spacial score (nSPS) is 15.3. The van der Waals surface area contributed by atoms with Crippen LogP contribution in [-0.4, -0.2) is 44.8 Å². The van der Waals surface area contributed by atoms with Gasteiger partial charge in [-0.2, -0.15) is 5.10 Å². The number of hydrogen-bond acceptors (Lipinski definition) is 3. The van der Waals surface area contributed by atoms with E-state index >= 15 is 0 Å². The third kappa shape index (κ3) is 3.49. The van der Waals surface area contributed by atoms with E-state index in [1.54, 1.807) is 16.8 Å². The number of nitrogens with zero attached hydrogens (tertiary/aromatic N) is 3. The van der Waals surface area contributed by atoms with Crippen molar-refractivity contribution >= 4 is 11.9 Å². The highest BCUT2D eigenvalue weighted by molar-refractivity contribution is 5.96. The second-order valence-electron chi connectivity index (χ2n) is 7.07. The highest BCUT2D eigenvalue weighted by Gasteiger charge is 2.27. The van der Waals surface area contributed by atoms with E-state index in [9.17, 15) is 14.7 Å². The number of benzene rings is 1. The van der Waals surface area contributed by atoms with Crippen molar-refractivity contribution < 1.29 is 14.7 Å². The van der Waals surface area contributed by atoms with Crippen molar-refractivity contribution in [2.24, 2.45) is 13.0 Å². The summed E-state index contributed by atoms with van der Waals surface area (Å²) in [6, 6.07) is 7.19. The number of carbonyl (C=O) groups is 2. The maximum absolute atomic E-state index is 12.9. The first-order valence-corrected chi connectivity index (χ1v) is 8.99. The van der Waals surface area contributed by atoms with Gasteiger partial charge in [0.25, 0.3) is 5.91 Å². The lowest BCUT2D eigenvalue weighted by molar-refractivity contribution is 0.0689. The van der Waals surface area contributed by atoms with Crippen LogP contribution in [0.4, 0.5) is 0 Å². The molecule has 1 saturated heterocycles. The Kier molecular flexibility index (Phi) is 5.11. The first kappa shape index (κ1) is 18.2. The van der Waals surface area contributed by atoms with Crippen LogP contribution in [0.15, 0.2) is 24.3 Å². The summed E-state index contributed by atoms with van der Waals surface area (Å²) in [4.78, 5) is 26.1. The van der Waals surface area contributed by atoms with E-state index in [0.717, 1.165) is 36.2 Å². The van der Waals surface area contributed by atoms with E-state index in [-0.39, 0.29) is 5.91 Å². The van der Waals surface area contributed by atoms with Crippen molar-refractivity contribution in [3.63, 3.8) is 0 Å². The largest absolute Gasteiger partial charge is 0.478 e. The Morgan fingerprint density at radius 3 is 2.42 bits per heavy atom. The third-order valence-corrected chi connectivity index (χ3v) is 5.38. The number of aryl methyl sites for hydroxylation is 2. The molecule has 26 heavy (non-hydrogen) atoms. The van der Waals surface area contributed by atoms with E-state index in [1.807, 2.05) is 37.9 Å². The van der Waals surface area contributed by atoms with E-state index in [0.29, 0.717) is 30.1 Å². The van der Waals surface area contributed by atoms with Crippen LogP contribution in [-0.2, 0) is 13.5 Å². The van der Waals surface area contributed by atoms with Crippen LogP contribution in [0.5, 0.6) is 0 Å². The molecule has 6 nitrogen and oxygen atoms in total. The smallest absolute Gasteiger partial charge is 0.335 e. The molecule has 0 unspecified atom stereocenters. The SMILES string of the molecule is Cc1nn(C)c(C)c1C(=O)N1CCC(Cc2ccccc2C(=O)O)CC1. The molecule has 1 aliphatic heterocycles. The summed E-state index contributed by atoms with van der Waals surface area (Å²) < 4.78 is 1.75. The second-order valence-corrected chi connectivity index (χ2v) is 7.07. The van der Waals surface area contributed by atoms with Crippen LogP contribution in [0, 0.1) is 19.8 Å². The summed E-state index contributed by atoms with van der Waals surface area (Å²) in [5.41, 5.74) is 3.64. The van der Waals surface area contributed by atoms with E-state index in [1.165, 1.54) is 0 Å². The molecule has 3 rings (SSSR count). The summed E-state index contributed by atoms with van der Waals surface area (Å²) in [7, 11) is 1.85. The molecule has 138 valence electrons. The molecule has 0 aliphatic carbocycles. The van der Waals surface area contributed by atoms with Crippen molar-refractivity contribution in [3.8, 4) is 0 Å². The molecule has 1 N–H and O–H groups in total. The van der Waals surface area contributed by atoms with Crippen LogP contribution >= 0.6 is 0 Å². The Labute approximate surface area is 153 Å². The monoisotopic (exact) mass is 355 g/mol. The van der Waals surface area contributed by atoms with Gasteiger partial charge in [-0.1, -0.05) is 18.2 Å². The predicted octanol–water partition coefficient (Wildman–Crippen LogP) is 2.83. The average Bonchev–Trinajstić information content (AvgIpc) is 2.87. The number of amides is 1. The van der Waals surface area contributed by atoms with Crippen molar-refractivity contribution in [2.45, 2.75) is 33.1 Å². The standard InChI is InChI=1S/C20H25N3O3/c1-13-18(14(2)22(3)21-13)19(24)23-10-8-15(9-11-23)12-16-6-4-5-7-17(16)20(25)26/h4-7,15H,8-12H2,1-3H3,(H,25,26). The molecule has 0 bridgehead atoms. The van der Waals surface area contributed by atoms with Crippen molar-refractivity contribution in [3.05, 3.63) is 52.3 Å². The lowest BCUT2D eigenvalue weighted by Gasteiger charge is -2.32. The topological polar surface area (TPSA) is 75.4 Å². The van der Waals surface area contributed by atoms with Gasteiger partial charge in [0.15, 0.2) is 0 Å². The molecule has 0 spiro atoms. The third-order valence-electron chi connectivity index (χ3n) is 5.38. The van der Waals surface area contributed by atoms with Crippen molar-refractivity contribution in [1.29, 1.82) is 0 Å². The predicted molar refractivity (Wildman–Crippen MR) is 98.4 cm³/mol. The molecule has 1 aromatic heterocycles.